The molecular weight excluding hydrogens is 188 g/mol. The highest BCUT2D eigenvalue weighted by Crippen LogP contribution is 2.20. The summed E-state index contributed by atoms with van der Waals surface area (Å²) in [7, 11) is 0. The molecular formula is C12H14N2O. The van der Waals surface area contributed by atoms with Crippen molar-refractivity contribution in [2.24, 2.45) is 0 Å². The van der Waals surface area contributed by atoms with Crippen molar-refractivity contribution in [2.75, 3.05) is 13.1 Å². The van der Waals surface area contributed by atoms with E-state index in [1.165, 1.54) is 25.9 Å². The maximum atomic E-state index is 5.28. The van der Waals surface area contributed by atoms with E-state index < -0.39 is 0 Å². The number of rotatable bonds is 2. The zero-order valence-corrected chi connectivity index (χ0v) is 8.65. The van der Waals surface area contributed by atoms with E-state index in [1.807, 2.05) is 18.2 Å². The summed E-state index contributed by atoms with van der Waals surface area (Å²) in [5.74, 6) is 0. The smallest absolute Gasteiger partial charge is 0.167 e. The number of fused-ring (bicyclic) bond motifs is 1. The predicted octanol–water partition coefficient (Wildman–Crippen LogP) is 2.42. The summed E-state index contributed by atoms with van der Waals surface area (Å²) in [5, 5.41) is 5.30. The van der Waals surface area contributed by atoms with Gasteiger partial charge in [-0.25, -0.2) is 0 Å². The minimum atomic E-state index is 0.895. The van der Waals surface area contributed by atoms with Crippen LogP contribution < -0.4 is 0 Å². The number of nitrogens with zero attached hydrogens (tertiary/aromatic N) is 2. The SMILES string of the molecule is c1ccc2c(CN3CCCC3)noc2c1. The Bertz CT molecular complexity index is 457. The van der Waals surface area contributed by atoms with Gasteiger partial charge < -0.3 is 4.52 Å². The molecule has 0 radical (unpaired) electrons. The van der Waals surface area contributed by atoms with Gasteiger partial charge in [-0.3, -0.25) is 4.90 Å². The predicted molar refractivity (Wildman–Crippen MR) is 58.5 cm³/mol. The molecule has 3 heteroatoms. The van der Waals surface area contributed by atoms with Gasteiger partial charge >= 0.3 is 0 Å². The summed E-state index contributed by atoms with van der Waals surface area (Å²) in [6.45, 7) is 3.32. The van der Waals surface area contributed by atoms with Crippen LogP contribution >= 0.6 is 0 Å². The van der Waals surface area contributed by atoms with E-state index in [1.54, 1.807) is 0 Å². The molecule has 3 rings (SSSR count). The third-order valence-electron chi connectivity index (χ3n) is 3.02. The molecule has 0 aliphatic carbocycles. The average Bonchev–Trinajstić information content (AvgIpc) is 2.89. The Morgan fingerprint density at radius 3 is 2.87 bits per heavy atom. The van der Waals surface area contributed by atoms with Gasteiger partial charge in [0.05, 0.1) is 0 Å². The fourth-order valence-corrected chi connectivity index (χ4v) is 2.20. The van der Waals surface area contributed by atoms with Gasteiger partial charge in [0.1, 0.15) is 5.69 Å². The molecule has 1 aliphatic rings. The van der Waals surface area contributed by atoms with Crippen molar-refractivity contribution < 1.29 is 4.52 Å². The molecule has 1 aromatic carbocycles. The van der Waals surface area contributed by atoms with Crippen LogP contribution in [-0.2, 0) is 6.54 Å². The lowest BCUT2D eigenvalue weighted by Gasteiger charge is -2.11. The van der Waals surface area contributed by atoms with Crippen LogP contribution in [0.25, 0.3) is 11.0 Å². The standard InChI is InChI=1S/C12H14N2O/c1-2-6-12-10(5-1)11(13-15-12)9-14-7-3-4-8-14/h1-2,5-6H,3-4,7-9H2. The Hall–Kier alpha value is -1.35. The molecule has 1 saturated heterocycles. The number of benzene rings is 1. The molecule has 0 unspecified atom stereocenters. The van der Waals surface area contributed by atoms with Crippen molar-refractivity contribution in [3.8, 4) is 0 Å². The first-order valence-electron chi connectivity index (χ1n) is 5.49. The second kappa shape index (κ2) is 3.66. The molecule has 78 valence electrons. The van der Waals surface area contributed by atoms with Crippen LogP contribution in [0.2, 0.25) is 0 Å². The molecule has 0 amide bonds. The van der Waals surface area contributed by atoms with Gasteiger partial charge in [0.25, 0.3) is 0 Å². The molecule has 0 saturated carbocycles. The van der Waals surface area contributed by atoms with E-state index >= 15 is 0 Å². The third kappa shape index (κ3) is 1.63. The Labute approximate surface area is 88.7 Å². The van der Waals surface area contributed by atoms with Crippen molar-refractivity contribution in [3.05, 3.63) is 30.0 Å². The Balaban J connectivity index is 1.90. The molecule has 0 spiro atoms. The van der Waals surface area contributed by atoms with E-state index in [-0.39, 0.29) is 0 Å². The first kappa shape index (κ1) is 8.92. The van der Waals surface area contributed by atoms with Crippen molar-refractivity contribution in [1.82, 2.24) is 10.1 Å². The van der Waals surface area contributed by atoms with Gasteiger partial charge in [-0.15, -0.1) is 0 Å². The highest BCUT2D eigenvalue weighted by molar-refractivity contribution is 5.79. The van der Waals surface area contributed by atoms with Gasteiger partial charge in [0, 0.05) is 11.9 Å². The number of aromatic nitrogens is 1. The van der Waals surface area contributed by atoms with Crippen LogP contribution in [-0.4, -0.2) is 23.1 Å². The minimum Gasteiger partial charge on any atom is -0.356 e. The van der Waals surface area contributed by atoms with Crippen molar-refractivity contribution in [1.29, 1.82) is 0 Å². The normalized spacial score (nSPS) is 17.6. The molecule has 2 aromatic rings. The Morgan fingerprint density at radius 1 is 1.20 bits per heavy atom. The zero-order chi connectivity index (χ0) is 10.1. The summed E-state index contributed by atoms with van der Waals surface area (Å²) >= 11 is 0. The van der Waals surface area contributed by atoms with E-state index in [4.69, 9.17) is 4.52 Å². The summed E-state index contributed by atoms with van der Waals surface area (Å²) in [4.78, 5) is 2.43. The molecule has 2 heterocycles. The maximum Gasteiger partial charge on any atom is 0.167 e. The largest absolute Gasteiger partial charge is 0.356 e. The third-order valence-corrected chi connectivity index (χ3v) is 3.02. The molecule has 15 heavy (non-hydrogen) atoms. The van der Waals surface area contributed by atoms with Gasteiger partial charge in [0.2, 0.25) is 0 Å². The quantitative estimate of drug-likeness (QED) is 0.749. The van der Waals surface area contributed by atoms with E-state index in [0.717, 1.165) is 23.2 Å². The van der Waals surface area contributed by atoms with Crippen LogP contribution in [0.4, 0.5) is 0 Å². The molecule has 3 nitrogen and oxygen atoms in total. The molecule has 0 N–H and O–H groups in total. The van der Waals surface area contributed by atoms with Gasteiger partial charge in [-0.05, 0) is 38.1 Å². The van der Waals surface area contributed by atoms with E-state index in [9.17, 15) is 0 Å². The fraction of sp³-hybridized carbons (Fsp3) is 0.417. The van der Waals surface area contributed by atoms with Crippen LogP contribution in [0, 0.1) is 0 Å². The average molecular weight is 202 g/mol. The molecule has 1 aromatic heterocycles. The first-order chi connectivity index (χ1) is 7.43. The van der Waals surface area contributed by atoms with Gasteiger partial charge in [-0.1, -0.05) is 17.3 Å². The highest BCUT2D eigenvalue weighted by atomic mass is 16.5. The Kier molecular flexibility index (Phi) is 2.18. The lowest BCUT2D eigenvalue weighted by molar-refractivity contribution is 0.317. The number of hydrogen-bond donors (Lipinski definition) is 0. The topological polar surface area (TPSA) is 29.3 Å². The molecule has 1 fully saturated rings. The lowest BCUT2D eigenvalue weighted by atomic mass is 10.2. The minimum absolute atomic E-state index is 0.895. The van der Waals surface area contributed by atoms with Gasteiger partial charge in [-0.2, -0.15) is 0 Å². The lowest BCUT2D eigenvalue weighted by Crippen LogP contribution is -2.18. The molecule has 0 atom stereocenters. The summed E-state index contributed by atoms with van der Waals surface area (Å²) in [5.41, 5.74) is 1.97. The fourth-order valence-electron chi connectivity index (χ4n) is 2.20. The summed E-state index contributed by atoms with van der Waals surface area (Å²) in [6.07, 6.45) is 2.63. The van der Waals surface area contributed by atoms with Crippen LogP contribution in [0.3, 0.4) is 0 Å². The second-order valence-corrected chi connectivity index (χ2v) is 4.11. The summed E-state index contributed by atoms with van der Waals surface area (Å²) < 4.78 is 5.28. The van der Waals surface area contributed by atoms with Crippen LogP contribution in [0.15, 0.2) is 28.8 Å². The zero-order valence-electron chi connectivity index (χ0n) is 8.65. The Morgan fingerprint density at radius 2 is 2.00 bits per heavy atom. The van der Waals surface area contributed by atoms with E-state index in [2.05, 4.69) is 16.1 Å². The van der Waals surface area contributed by atoms with Gasteiger partial charge in [0.15, 0.2) is 5.58 Å². The molecule has 0 bridgehead atoms. The number of hydrogen-bond acceptors (Lipinski definition) is 3. The summed E-state index contributed by atoms with van der Waals surface area (Å²) in [6, 6.07) is 8.06. The monoisotopic (exact) mass is 202 g/mol. The highest BCUT2D eigenvalue weighted by Gasteiger charge is 2.15. The van der Waals surface area contributed by atoms with Crippen molar-refractivity contribution >= 4 is 11.0 Å². The number of likely N-dealkylation sites (tertiary alicyclic amines) is 1. The van der Waals surface area contributed by atoms with Crippen molar-refractivity contribution in [2.45, 2.75) is 19.4 Å². The molecule has 1 aliphatic heterocycles. The van der Waals surface area contributed by atoms with Crippen LogP contribution in [0.5, 0.6) is 0 Å². The van der Waals surface area contributed by atoms with E-state index in [0.29, 0.717) is 0 Å². The van der Waals surface area contributed by atoms with Crippen molar-refractivity contribution in [3.63, 3.8) is 0 Å². The first-order valence-corrected chi connectivity index (χ1v) is 5.49. The van der Waals surface area contributed by atoms with Crippen LogP contribution in [0.1, 0.15) is 18.5 Å². The maximum absolute atomic E-state index is 5.28. The number of para-hydroxylation sites is 1. The second-order valence-electron chi connectivity index (χ2n) is 4.11.